The molecule has 0 bridgehead atoms. The minimum absolute atomic E-state index is 0.164. The van der Waals surface area contributed by atoms with Crippen LogP contribution in [0.25, 0.3) is 0 Å². The molecule has 0 saturated carbocycles. The molecule has 19 heavy (non-hydrogen) atoms. The predicted molar refractivity (Wildman–Crippen MR) is 76.1 cm³/mol. The molecule has 1 aromatic rings. The van der Waals surface area contributed by atoms with Crippen molar-refractivity contribution < 1.29 is 9.15 Å². The molecule has 0 aliphatic carbocycles. The number of nitrogens with zero attached hydrogens (tertiary/aromatic N) is 1. The first-order valence-corrected chi connectivity index (χ1v) is 7.35. The van der Waals surface area contributed by atoms with Crippen molar-refractivity contribution in [3.8, 4) is 0 Å². The molecule has 0 aromatic carbocycles. The molecule has 3 atom stereocenters. The lowest BCUT2D eigenvalue weighted by molar-refractivity contribution is -0.0747. The Labute approximate surface area is 115 Å². The Bertz CT molecular complexity index is 391. The van der Waals surface area contributed by atoms with Crippen LogP contribution in [0.5, 0.6) is 0 Å². The van der Waals surface area contributed by atoms with Gasteiger partial charge in [-0.15, -0.1) is 0 Å². The lowest BCUT2D eigenvalue weighted by atomic mass is 10.1. The molecule has 0 spiro atoms. The van der Waals surface area contributed by atoms with Crippen LogP contribution in [0, 0.1) is 0 Å². The smallest absolute Gasteiger partial charge is 0.122 e. The number of furan rings is 1. The minimum Gasteiger partial charge on any atom is -0.464 e. The van der Waals surface area contributed by atoms with Crippen LogP contribution in [0.4, 0.5) is 0 Å². The van der Waals surface area contributed by atoms with Crippen molar-refractivity contribution in [3.05, 3.63) is 23.7 Å². The fourth-order valence-corrected chi connectivity index (χ4v) is 2.78. The van der Waals surface area contributed by atoms with Gasteiger partial charge in [0.05, 0.1) is 18.8 Å². The first-order chi connectivity index (χ1) is 9.19. The Hall–Kier alpha value is -0.840. The van der Waals surface area contributed by atoms with E-state index in [4.69, 9.17) is 14.9 Å². The van der Waals surface area contributed by atoms with Crippen molar-refractivity contribution in [1.29, 1.82) is 0 Å². The van der Waals surface area contributed by atoms with Crippen LogP contribution in [0.2, 0.25) is 0 Å². The van der Waals surface area contributed by atoms with Crippen molar-refractivity contribution in [2.24, 2.45) is 5.73 Å². The van der Waals surface area contributed by atoms with E-state index in [1.165, 1.54) is 0 Å². The summed E-state index contributed by atoms with van der Waals surface area (Å²) in [7, 11) is 0. The summed E-state index contributed by atoms with van der Waals surface area (Å²) >= 11 is 0. The Balaban J connectivity index is 2.18. The molecule has 3 unspecified atom stereocenters. The van der Waals surface area contributed by atoms with Crippen LogP contribution in [-0.4, -0.2) is 36.7 Å². The van der Waals surface area contributed by atoms with Gasteiger partial charge >= 0.3 is 0 Å². The van der Waals surface area contributed by atoms with Gasteiger partial charge in [0.25, 0.3) is 0 Å². The van der Waals surface area contributed by atoms with Crippen LogP contribution in [0.3, 0.4) is 0 Å². The van der Waals surface area contributed by atoms with E-state index in [1.54, 1.807) is 0 Å². The summed E-state index contributed by atoms with van der Waals surface area (Å²) in [5, 5.41) is 0. The maximum Gasteiger partial charge on any atom is 0.122 e. The Morgan fingerprint density at radius 3 is 2.79 bits per heavy atom. The summed E-state index contributed by atoms with van der Waals surface area (Å²) < 4.78 is 11.7. The maximum absolute atomic E-state index is 6.01. The molecule has 1 aliphatic heterocycles. The van der Waals surface area contributed by atoms with Gasteiger partial charge in [-0.3, -0.25) is 4.90 Å². The second kappa shape index (κ2) is 6.55. The van der Waals surface area contributed by atoms with Gasteiger partial charge in [0.1, 0.15) is 11.5 Å². The Morgan fingerprint density at radius 1 is 1.42 bits per heavy atom. The minimum atomic E-state index is 0.164. The molecule has 1 fully saturated rings. The maximum atomic E-state index is 6.01. The summed E-state index contributed by atoms with van der Waals surface area (Å²) in [6.45, 7) is 8.71. The van der Waals surface area contributed by atoms with E-state index >= 15 is 0 Å². The average Bonchev–Trinajstić information content (AvgIpc) is 2.89. The van der Waals surface area contributed by atoms with Gasteiger partial charge in [-0.05, 0) is 25.5 Å². The number of ether oxygens (including phenoxy) is 1. The van der Waals surface area contributed by atoms with E-state index in [2.05, 4.69) is 37.8 Å². The number of nitrogens with two attached hydrogens (primary N) is 1. The Morgan fingerprint density at radius 2 is 2.21 bits per heavy atom. The molecule has 1 aromatic heterocycles. The van der Waals surface area contributed by atoms with Crippen LogP contribution >= 0.6 is 0 Å². The van der Waals surface area contributed by atoms with E-state index in [1.807, 2.05) is 0 Å². The lowest BCUT2D eigenvalue weighted by Gasteiger charge is -2.42. The molecule has 1 aliphatic rings. The number of aryl methyl sites for hydroxylation is 1. The van der Waals surface area contributed by atoms with E-state index in [0.717, 1.165) is 37.5 Å². The molecule has 2 N–H and O–H groups in total. The monoisotopic (exact) mass is 266 g/mol. The average molecular weight is 266 g/mol. The van der Waals surface area contributed by atoms with Crippen molar-refractivity contribution >= 4 is 0 Å². The van der Waals surface area contributed by atoms with Gasteiger partial charge < -0.3 is 14.9 Å². The van der Waals surface area contributed by atoms with Gasteiger partial charge in [0.2, 0.25) is 0 Å². The highest BCUT2D eigenvalue weighted by molar-refractivity contribution is 5.12. The third-order valence-corrected chi connectivity index (χ3v) is 3.96. The number of rotatable bonds is 5. The molecule has 108 valence electrons. The lowest BCUT2D eigenvalue weighted by Crippen LogP contribution is -2.51. The topological polar surface area (TPSA) is 51.6 Å². The quantitative estimate of drug-likeness (QED) is 0.888. The molecule has 1 saturated heterocycles. The fraction of sp³-hybridized carbons (Fsp3) is 0.733. The molecule has 2 rings (SSSR count). The second-order valence-electron chi connectivity index (χ2n) is 5.31. The highest BCUT2D eigenvalue weighted by atomic mass is 16.5. The van der Waals surface area contributed by atoms with Gasteiger partial charge in [0.15, 0.2) is 0 Å². The highest BCUT2D eigenvalue weighted by Gasteiger charge is 2.32. The first-order valence-electron chi connectivity index (χ1n) is 7.35. The van der Waals surface area contributed by atoms with Crippen LogP contribution in [0.1, 0.15) is 44.8 Å². The molecule has 4 nitrogen and oxygen atoms in total. The highest BCUT2D eigenvalue weighted by Crippen LogP contribution is 2.28. The van der Waals surface area contributed by atoms with Gasteiger partial charge in [-0.1, -0.05) is 13.8 Å². The molecule has 2 heterocycles. The van der Waals surface area contributed by atoms with Crippen molar-refractivity contribution in [1.82, 2.24) is 4.90 Å². The van der Waals surface area contributed by atoms with Gasteiger partial charge in [-0.2, -0.15) is 0 Å². The molecule has 0 amide bonds. The van der Waals surface area contributed by atoms with E-state index in [-0.39, 0.29) is 12.1 Å². The summed E-state index contributed by atoms with van der Waals surface area (Å²) in [4.78, 5) is 2.45. The zero-order valence-corrected chi connectivity index (χ0v) is 12.3. The standard InChI is InChI=1S/C15H26N2O2/c1-4-12-10-18-11(3)9-17(12)14(8-16)15-7-6-13(5-2)19-15/h6-7,11-12,14H,4-5,8-10,16H2,1-3H3. The number of hydrogen-bond acceptors (Lipinski definition) is 4. The van der Waals surface area contributed by atoms with Crippen LogP contribution in [-0.2, 0) is 11.2 Å². The zero-order valence-electron chi connectivity index (χ0n) is 12.3. The second-order valence-corrected chi connectivity index (χ2v) is 5.31. The summed E-state index contributed by atoms with van der Waals surface area (Å²) in [5.41, 5.74) is 6.01. The third kappa shape index (κ3) is 3.19. The van der Waals surface area contributed by atoms with Crippen LogP contribution < -0.4 is 5.73 Å². The normalized spacial score (nSPS) is 26.5. The summed E-state index contributed by atoms with van der Waals surface area (Å²) in [6.07, 6.45) is 2.26. The van der Waals surface area contributed by atoms with Gasteiger partial charge in [0, 0.05) is 25.6 Å². The molecular formula is C15H26N2O2. The zero-order chi connectivity index (χ0) is 13.8. The Kier molecular flexibility index (Phi) is 5.02. The predicted octanol–water partition coefficient (Wildman–Crippen LogP) is 2.34. The molecular weight excluding hydrogens is 240 g/mol. The summed E-state index contributed by atoms with van der Waals surface area (Å²) in [6, 6.07) is 4.72. The largest absolute Gasteiger partial charge is 0.464 e. The van der Waals surface area contributed by atoms with Crippen LogP contribution in [0.15, 0.2) is 16.5 Å². The van der Waals surface area contributed by atoms with Gasteiger partial charge in [-0.25, -0.2) is 0 Å². The number of morpholine rings is 1. The van der Waals surface area contributed by atoms with Crippen molar-refractivity contribution in [2.45, 2.75) is 51.8 Å². The fourth-order valence-electron chi connectivity index (χ4n) is 2.78. The summed E-state index contributed by atoms with van der Waals surface area (Å²) in [5.74, 6) is 2.02. The third-order valence-electron chi connectivity index (χ3n) is 3.96. The van der Waals surface area contributed by atoms with Crippen molar-refractivity contribution in [3.63, 3.8) is 0 Å². The van der Waals surface area contributed by atoms with E-state index in [0.29, 0.717) is 12.6 Å². The molecule has 0 radical (unpaired) electrons. The SMILES string of the molecule is CCc1ccc(C(CN)N2CC(C)OCC2CC)o1. The molecule has 4 heteroatoms. The van der Waals surface area contributed by atoms with Crippen molar-refractivity contribution in [2.75, 3.05) is 19.7 Å². The first kappa shape index (κ1) is 14.6. The van der Waals surface area contributed by atoms with E-state index in [9.17, 15) is 0 Å². The number of hydrogen-bond donors (Lipinski definition) is 1. The van der Waals surface area contributed by atoms with E-state index < -0.39 is 0 Å².